The maximum atomic E-state index is 13.2. The van der Waals surface area contributed by atoms with Crippen molar-refractivity contribution in [1.82, 2.24) is 29.7 Å². The molecule has 1 aromatic carbocycles. The van der Waals surface area contributed by atoms with Crippen LogP contribution in [0.5, 0.6) is 0 Å². The molecular formula is C18H15ClN10O. The van der Waals surface area contributed by atoms with Crippen LogP contribution in [-0.2, 0) is 0 Å². The minimum Gasteiger partial charge on any atom is -0.382 e. The molecule has 11 nitrogen and oxygen atoms in total. The number of nitrogens with zero attached hydrogens (tertiary/aromatic N) is 6. The summed E-state index contributed by atoms with van der Waals surface area (Å²) in [7, 11) is 0. The van der Waals surface area contributed by atoms with Crippen LogP contribution in [0.4, 0.5) is 17.6 Å². The summed E-state index contributed by atoms with van der Waals surface area (Å²) in [4.78, 5) is 25.7. The number of rotatable bonds is 4. The largest absolute Gasteiger partial charge is 0.382 e. The molecular weight excluding hydrogens is 408 g/mol. The highest BCUT2D eigenvalue weighted by molar-refractivity contribution is 6.31. The number of anilines is 3. The van der Waals surface area contributed by atoms with Crippen molar-refractivity contribution in [3.8, 4) is 11.9 Å². The molecule has 4 rings (SSSR count). The molecule has 1 atom stereocenters. The van der Waals surface area contributed by atoms with Gasteiger partial charge >= 0.3 is 0 Å². The van der Waals surface area contributed by atoms with E-state index in [2.05, 4.69) is 30.5 Å². The van der Waals surface area contributed by atoms with Gasteiger partial charge in [-0.25, -0.2) is 9.55 Å². The maximum absolute atomic E-state index is 13.2. The molecule has 0 bridgehead atoms. The number of aromatic nitrogens is 6. The molecule has 3 aromatic heterocycles. The lowest BCUT2D eigenvalue weighted by Gasteiger charge is -2.20. The van der Waals surface area contributed by atoms with Crippen LogP contribution < -0.4 is 22.3 Å². The standard InChI is InChI=1S/C18H15ClN10O/c1-8(24-15-11(7-20)14(21)26-18(22)27-15)16-25-12-6-9(19)2-3-10(12)17(30)29(16)13-4-5-23-28-13/h2-6,8H,1H3,(H,23,28)(H5,21,22,24,26,27). The zero-order valence-corrected chi connectivity index (χ0v) is 16.3. The highest BCUT2D eigenvalue weighted by atomic mass is 35.5. The fourth-order valence-corrected chi connectivity index (χ4v) is 3.22. The second-order valence-corrected chi connectivity index (χ2v) is 6.82. The SMILES string of the molecule is CC(Nc1nc(N)nc(N)c1C#N)c1nc2cc(Cl)ccc2c(=O)n1-c1ccn[nH]1. The highest BCUT2D eigenvalue weighted by Gasteiger charge is 2.21. The average molecular weight is 423 g/mol. The number of halogens is 1. The molecule has 150 valence electrons. The van der Waals surface area contributed by atoms with Crippen molar-refractivity contribution < 1.29 is 0 Å². The van der Waals surface area contributed by atoms with Crippen molar-refractivity contribution >= 4 is 40.1 Å². The van der Waals surface area contributed by atoms with Gasteiger partial charge in [0.2, 0.25) is 5.95 Å². The van der Waals surface area contributed by atoms with Gasteiger partial charge in [-0.15, -0.1) is 0 Å². The predicted octanol–water partition coefficient (Wildman–Crippen LogP) is 1.76. The zero-order valence-electron chi connectivity index (χ0n) is 15.6. The molecule has 0 fully saturated rings. The molecule has 4 aromatic rings. The lowest BCUT2D eigenvalue weighted by atomic mass is 10.2. The quantitative estimate of drug-likeness (QED) is 0.381. The molecule has 12 heteroatoms. The van der Waals surface area contributed by atoms with Gasteiger partial charge in [-0.3, -0.25) is 9.89 Å². The normalized spacial score (nSPS) is 11.9. The van der Waals surface area contributed by atoms with E-state index < -0.39 is 6.04 Å². The number of nitrogens with one attached hydrogen (secondary N) is 2. The third-order valence-corrected chi connectivity index (χ3v) is 4.63. The lowest BCUT2D eigenvalue weighted by Crippen LogP contribution is -2.28. The Balaban J connectivity index is 1.91. The molecule has 0 aliphatic carbocycles. The van der Waals surface area contributed by atoms with Gasteiger partial charge in [-0.05, 0) is 25.1 Å². The average Bonchev–Trinajstić information content (AvgIpc) is 3.21. The predicted molar refractivity (Wildman–Crippen MR) is 112 cm³/mol. The summed E-state index contributed by atoms with van der Waals surface area (Å²) >= 11 is 6.09. The van der Waals surface area contributed by atoms with Gasteiger partial charge in [0, 0.05) is 11.1 Å². The number of H-pyrrole nitrogens is 1. The first-order chi connectivity index (χ1) is 14.4. The molecule has 30 heavy (non-hydrogen) atoms. The van der Waals surface area contributed by atoms with E-state index in [-0.39, 0.29) is 28.7 Å². The van der Waals surface area contributed by atoms with Crippen LogP contribution in [0.3, 0.4) is 0 Å². The topological polar surface area (TPSA) is 177 Å². The minimum absolute atomic E-state index is 0.0373. The van der Waals surface area contributed by atoms with Crippen molar-refractivity contribution in [3.63, 3.8) is 0 Å². The molecule has 0 spiro atoms. The molecule has 0 aliphatic rings. The fraction of sp³-hybridized carbons (Fsp3) is 0.111. The Labute approximate surface area is 174 Å². The number of aromatic amines is 1. The van der Waals surface area contributed by atoms with Gasteiger partial charge in [0.1, 0.15) is 29.1 Å². The molecule has 0 radical (unpaired) electrons. The number of fused-ring (bicyclic) bond motifs is 1. The first kappa shape index (κ1) is 19.2. The number of hydrogen-bond donors (Lipinski definition) is 4. The smallest absolute Gasteiger partial charge is 0.267 e. The second kappa shape index (κ2) is 7.34. The highest BCUT2D eigenvalue weighted by Crippen LogP contribution is 2.25. The first-order valence-corrected chi connectivity index (χ1v) is 9.08. The van der Waals surface area contributed by atoms with E-state index >= 15 is 0 Å². The van der Waals surface area contributed by atoms with Crippen LogP contribution in [0.25, 0.3) is 16.7 Å². The Bertz CT molecular complexity index is 1360. The van der Waals surface area contributed by atoms with E-state index in [1.54, 1.807) is 31.2 Å². The fourth-order valence-electron chi connectivity index (χ4n) is 3.05. The maximum Gasteiger partial charge on any atom is 0.267 e. The van der Waals surface area contributed by atoms with Gasteiger partial charge < -0.3 is 16.8 Å². The van der Waals surface area contributed by atoms with Crippen LogP contribution in [0.15, 0.2) is 35.3 Å². The first-order valence-electron chi connectivity index (χ1n) is 8.70. The van der Waals surface area contributed by atoms with Crippen molar-refractivity contribution in [3.05, 3.63) is 57.2 Å². The third-order valence-electron chi connectivity index (χ3n) is 4.39. The molecule has 3 heterocycles. The zero-order chi connectivity index (χ0) is 21.4. The van der Waals surface area contributed by atoms with E-state index in [1.807, 2.05) is 6.07 Å². The summed E-state index contributed by atoms with van der Waals surface area (Å²) in [6.45, 7) is 1.75. The van der Waals surface area contributed by atoms with Crippen LogP contribution in [-0.4, -0.2) is 29.7 Å². The summed E-state index contributed by atoms with van der Waals surface area (Å²) in [6.07, 6.45) is 1.52. The van der Waals surface area contributed by atoms with Crippen molar-refractivity contribution in [2.45, 2.75) is 13.0 Å². The summed E-state index contributed by atoms with van der Waals surface area (Å²) in [5.74, 6) is 0.745. The van der Waals surface area contributed by atoms with Gasteiger partial charge in [0.15, 0.2) is 5.82 Å². The monoisotopic (exact) mass is 422 g/mol. The van der Waals surface area contributed by atoms with E-state index in [0.29, 0.717) is 27.6 Å². The Morgan fingerprint density at radius 2 is 2.07 bits per heavy atom. The second-order valence-electron chi connectivity index (χ2n) is 6.38. The molecule has 0 saturated heterocycles. The number of nitriles is 1. The Hall–Kier alpha value is -4.17. The van der Waals surface area contributed by atoms with Crippen LogP contribution >= 0.6 is 11.6 Å². The van der Waals surface area contributed by atoms with Crippen LogP contribution in [0.1, 0.15) is 24.4 Å². The molecule has 0 aliphatic heterocycles. The van der Waals surface area contributed by atoms with Crippen molar-refractivity contribution in [1.29, 1.82) is 5.26 Å². The van der Waals surface area contributed by atoms with E-state index in [1.165, 1.54) is 10.8 Å². The van der Waals surface area contributed by atoms with Gasteiger partial charge in [0.05, 0.1) is 23.1 Å². The van der Waals surface area contributed by atoms with Gasteiger partial charge in [-0.2, -0.15) is 20.3 Å². The molecule has 0 saturated carbocycles. The van der Waals surface area contributed by atoms with Crippen LogP contribution in [0.2, 0.25) is 5.02 Å². The van der Waals surface area contributed by atoms with Gasteiger partial charge in [0.25, 0.3) is 5.56 Å². The Morgan fingerprint density at radius 3 is 2.77 bits per heavy atom. The number of hydrogen-bond acceptors (Lipinski definition) is 9. The summed E-state index contributed by atoms with van der Waals surface area (Å²) < 4.78 is 1.39. The minimum atomic E-state index is -0.592. The van der Waals surface area contributed by atoms with Crippen LogP contribution in [0, 0.1) is 11.3 Å². The lowest BCUT2D eigenvalue weighted by molar-refractivity contribution is 0.719. The van der Waals surface area contributed by atoms with E-state index in [9.17, 15) is 10.1 Å². The summed E-state index contributed by atoms with van der Waals surface area (Å²) in [6, 6.07) is 7.84. The Morgan fingerprint density at radius 1 is 1.27 bits per heavy atom. The van der Waals surface area contributed by atoms with E-state index in [4.69, 9.17) is 23.1 Å². The number of benzene rings is 1. The van der Waals surface area contributed by atoms with Gasteiger partial charge in [-0.1, -0.05) is 11.6 Å². The number of nitrogen functional groups attached to an aromatic ring is 2. The third kappa shape index (κ3) is 3.25. The summed E-state index contributed by atoms with van der Waals surface area (Å²) in [5, 5.41) is 20.0. The van der Waals surface area contributed by atoms with Crippen molar-refractivity contribution in [2.75, 3.05) is 16.8 Å². The Kier molecular flexibility index (Phi) is 4.69. The van der Waals surface area contributed by atoms with Crippen molar-refractivity contribution in [2.24, 2.45) is 0 Å². The molecule has 6 N–H and O–H groups in total. The van der Waals surface area contributed by atoms with E-state index in [0.717, 1.165) is 0 Å². The molecule has 0 amide bonds. The summed E-state index contributed by atoms with van der Waals surface area (Å²) in [5.41, 5.74) is 11.6. The molecule has 1 unspecified atom stereocenters. The number of nitrogens with two attached hydrogens (primary N) is 2.